The number of carbonyl (C=O) groups excluding carboxylic acids is 1. The summed E-state index contributed by atoms with van der Waals surface area (Å²) in [5.41, 5.74) is 1.41. The number of rotatable bonds is 7. The Morgan fingerprint density at radius 1 is 1.33 bits per heavy atom. The van der Waals surface area contributed by atoms with Crippen molar-refractivity contribution in [2.45, 2.75) is 25.9 Å². The number of aryl methyl sites for hydroxylation is 1. The van der Waals surface area contributed by atoms with Crippen molar-refractivity contribution in [3.8, 4) is 10.9 Å². The molecule has 1 atom stereocenters. The molecule has 1 N–H and O–H groups in total. The predicted octanol–water partition coefficient (Wildman–Crippen LogP) is 1.88. The second kappa shape index (κ2) is 8.99. The van der Waals surface area contributed by atoms with Gasteiger partial charge in [-0.1, -0.05) is 5.10 Å². The van der Waals surface area contributed by atoms with Crippen LogP contribution in [0.25, 0.3) is 0 Å². The van der Waals surface area contributed by atoms with E-state index in [1.165, 1.54) is 11.3 Å². The van der Waals surface area contributed by atoms with Crippen LogP contribution >= 0.6 is 11.3 Å². The summed E-state index contributed by atoms with van der Waals surface area (Å²) in [5, 5.41) is 19.6. The molecule has 0 aromatic carbocycles. The van der Waals surface area contributed by atoms with Gasteiger partial charge in [-0.2, -0.15) is 5.10 Å². The van der Waals surface area contributed by atoms with E-state index < -0.39 is 0 Å². The van der Waals surface area contributed by atoms with Gasteiger partial charge in [0.05, 0.1) is 25.8 Å². The van der Waals surface area contributed by atoms with Crippen LogP contribution < -0.4 is 19.7 Å². The second-order valence-electron chi connectivity index (χ2n) is 6.79. The SMILES string of the molecule is COc1cc(C)nc(CC(=O)Nc2nnc(O[C@@H]3CCN(c4cccnn4)C3)s2)c1. The van der Waals surface area contributed by atoms with Gasteiger partial charge in [0.1, 0.15) is 11.9 Å². The Balaban J connectivity index is 1.30. The Bertz CT molecular complexity index is 1010. The van der Waals surface area contributed by atoms with Gasteiger partial charge in [0.25, 0.3) is 5.19 Å². The number of hydrogen-bond donors (Lipinski definition) is 1. The lowest BCUT2D eigenvalue weighted by Crippen LogP contribution is -2.25. The third-order valence-electron chi connectivity index (χ3n) is 4.50. The third-order valence-corrected chi connectivity index (χ3v) is 5.23. The molecule has 1 saturated heterocycles. The fourth-order valence-corrected chi connectivity index (χ4v) is 3.86. The molecule has 1 aliphatic heterocycles. The predicted molar refractivity (Wildman–Crippen MR) is 111 cm³/mol. The Morgan fingerprint density at radius 2 is 2.23 bits per heavy atom. The minimum atomic E-state index is -0.229. The summed E-state index contributed by atoms with van der Waals surface area (Å²) in [5.74, 6) is 1.27. The van der Waals surface area contributed by atoms with Gasteiger partial charge in [-0.05, 0) is 30.4 Å². The second-order valence-corrected chi connectivity index (χ2v) is 7.73. The first kappa shape index (κ1) is 20.0. The minimum Gasteiger partial charge on any atom is -0.497 e. The topological polar surface area (TPSA) is 115 Å². The molecule has 30 heavy (non-hydrogen) atoms. The largest absolute Gasteiger partial charge is 0.497 e. The summed E-state index contributed by atoms with van der Waals surface area (Å²) >= 11 is 1.20. The van der Waals surface area contributed by atoms with Gasteiger partial charge in [0.15, 0.2) is 5.82 Å². The van der Waals surface area contributed by atoms with Crippen molar-refractivity contribution in [1.29, 1.82) is 0 Å². The first-order valence-electron chi connectivity index (χ1n) is 9.43. The van der Waals surface area contributed by atoms with E-state index in [2.05, 4.69) is 35.6 Å². The average Bonchev–Trinajstić information content (AvgIpc) is 3.38. The fourth-order valence-electron chi connectivity index (χ4n) is 3.18. The number of carbonyl (C=O) groups is 1. The highest BCUT2D eigenvalue weighted by molar-refractivity contribution is 7.17. The van der Waals surface area contributed by atoms with E-state index >= 15 is 0 Å². The van der Waals surface area contributed by atoms with E-state index in [9.17, 15) is 4.79 Å². The van der Waals surface area contributed by atoms with Crippen molar-refractivity contribution in [2.75, 3.05) is 30.4 Å². The molecule has 11 heteroatoms. The third kappa shape index (κ3) is 4.98. The van der Waals surface area contributed by atoms with Crippen LogP contribution in [0.15, 0.2) is 30.5 Å². The average molecular weight is 427 g/mol. The first-order valence-corrected chi connectivity index (χ1v) is 10.2. The molecule has 4 heterocycles. The molecule has 0 unspecified atom stereocenters. The van der Waals surface area contributed by atoms with Gasteiger partial charge < -0.3 is 19.7 Å². The van der Waals surface area contributed by atoms with Crippen molar-refractivity contribution in [3.05, 3.63) is 41.9 Å². The van der Waals surface area contributed by atoms with Crippen LogP contribution in [0.2, 0.25) is 0 Å². The molecule has 1 amide bonds. The molecule has 0 bridgehead atoms. The highest BCUT2D eigenvalue weighted by Crippen LogP contribution is 2.26. The highest BCUT2D eigenvalue weighted by atomic mass is 32.1. The molecule has 0 spiro atoms. The van der Waals surface area contributed by atoms with E-state index in [1.54, 1.807) is 19.4 Å². The van der Waals surface area contributed by atoms with Gasteiger partial charge in [0.2, 0.25) is 11.0 Å². The van der Waals surface area contributed by atoms with Gasteiger partial charge in [-0.25, -0.2) is 0 Å². The maximum absolute atomic E-state index is 12.3. The number of methoxy groups -OCH3 is 1. The molecule has 1 aliphatic rings. The Hall–Kier alpha value is -3.34. The summed E-state index contributed by atoms with van der Waals surface area (Å²) < 4.78 is 11.1. The minimum absolute atomic E-state index is 0.0209. The van der Waals surface area contributed by atoms with Crippen molar-refractivity contribution in [3.63, 3.8) is 0 Å². The lowest BCUT2D eigenvalue weighted by molar-refractivity contribution is -0.115. The van der Waals surface area contributed by atoms with Crippen molar-refractivity contribution in [1.82, 2.24) is 25.4 Å². The summed E-state index contributed by atoms with van der Waals surface area (Å²) in [6, 6.07) is 7.33. The zero-order chi connectivity index (χ0) is 20.9. The van der Waals surface area contributed by atoms with Gasteiger partial charge in [-0.3, -0.25) is 9.78 Å². The van der Waals surface area contributed by atoms with Gasteiger partial charge in [0, 0.05) is 37.0 Å². The molecule has 156 valence electrons. The Labute approximate surface area is 177 Å². The fraction of sp³-hybridized carbons (Fsp3) is 0.368. The van der Waals surface area contributed by atoms with E-state index in [0.29, 0.717) is 28.3 Å². The van der Waals surface area contributed by atoms with Crippen molar-refractivity contribution in [2.24, 2.45) is 0 Å². The maximum atomic E-state index is 12.3. The van der Waals surface area contributed by atoms with E-state index in [1.807, 2.05) is 25.1 Å². The lowest BCUT2D eigenvalue weighted by atomic mass is 10.2. The van der Waals surface area contributed by atoms with Crippen LogP contribution in [0.1, 0.15) is 17.8 Å². The maximum Gasteiger partial charge on any atom is 0.296 e. The zero-order valence-corrected chi connectivity index (χ0v) is 17.4. The molecule has 3 aromatic heterocycles. The van der Waals surface area contributed by atoms with Crippen LogP contribution in [0, 0.1) is 6.92 Å². The number of amides is 1. The molecule has 4 rings (SSSR count). The molecule has 1 fully saturated rings. The van der Waals surface area contributed by atoms with Crippen LogP contribution in [-0.2, 0) is 11.2 Å². The van der Waals surface area contributed by atoms with E-state index in [0.717, 1.165) is 24.5 Å². The number of aromatic nitrogens is 5. The molecule has 10 nitrogen and oxygen atoms in total. The Morgan fingerprint density at radius 3 is 3.03 bits per heavy atom. The summed E-state index contributed by atoms with van der Waals surface area (Å²) in [6.45, 7) is 3.38. The normalized spacial score (nSPS) is 15.8. The molecule has 3 aromatic rings. The summed E-state index contributed by atoms with van der Waals surface area (Å²) in [4.78, 5) is 18.8. The quantitative estimate of drug-likeness (QED) is 0.603. The number of pyridine rings is 1. The number of ether oxygens (including phenoxy) is 2. The van der Waals surface area contributed by atoms with Crippen LogP contribution in [0.3, 0.4) is 0 Å². The van der Waals surface area contributed by atoms with Crippen molar-refractivity contribution >= 4 is 28.2 Å². The van der Waals surface area contributed by atoms with Gasteiger partial charge in [-0.15, -0.1) is 10.2 Å². The monoisotopic (exact) mass is 427 g/mol. The number of nitrogens with one attached hydrogen (secondary N) is 1. The molecule has 0 aliphatic carbocycles. The van der Waals surface area contributed by atoms with E-state index in [-0.39, 0.29) is 18.4 Å². The first-order chi connectivity index (χ1) is 14.6. The van der Waals surface area contributed by atoms with Crippen LogP contribution in [0.5, 0.6) is 10.9 Å². The number of anilines is 2. The highest BCUT2D eigenvalue weighted by Gasteiger charge is 2.26. The molecule has 0 saturated carbocycles. The molecular formula is C19H21N7O3S. The van der Waals surface area contributed by atoms with Crippen LogP contribution in [0.4, 0.5) is 10.9 Å². The van der Waals surface area contributed by atoms with Crippen molar-refractivity contribution < 1.29 is 14.3 Å². The molecule has 0 radical (unpaired) electrons. The Kier molecular flexibility index (Phi) is 5.98. The summed E-state index contributed by atoms with van der Waals surface area (Å²) in [7, 11) is 1.58. The standard InChI is InChI=1S/C19H21N7O3S/c1-12-8-15(28-2)9-13(21-12)10-17(27)22-18-24-25-19(30-18)29-14-5-7-26(11-14)16-4-3-6-20-23-16/h3-4,6,8-9,14H,5,7,10-11H2,1-2H3,(H,22,24,27)/t14-/m1/s1. The molecular weight excluding hydrogens is 406 g/mol. The number of nitrogens with zero attached hydrogens (tertiary/aromatic N) is 6. The zero-order valence-electron chi connectivity index (χ0n) is 16.6. The smallest absolute Gasteiger partial charge is 0.296 e. The van der Waals surface area contributed by atoms with E-state index in [4.69, 9.17) is 9.47 Å². The van der Waals surface area contributed by atoms with Crippen LogP contribution in [-0.4, -0.2) is 57.6 Å². The number of hydrogen-bond acceptors (Lipinski definition) is 10. The summed E-state index contributed by atoms with van der Waals surface area (Å²) in [6.07, 6.45) is 2.59. The van der Waals surface area contributed by atoms with Gasteiger partial charge >= 0.3 is 0 Å². The lowest BCUT2D eigenvalue weighted by Gasteiger charge is -2.16.